The highest BCUT2D eigenvalue weighted by molar-refractivity contribution is 5.94. The predicted molar refractivity (Wildman–Crippen MR) is 96.5 cm³/mol. The Bertz CT molecular complexity index is 821. The zero-order valence-electron chi connectivity index (χ0n) is 15.0. The molecule has 6 heteroatoms. The Morgan fingerprint density at radius 3 is 2.46 bits per heavy atom. The molecule has 0 bridgehead atoms. The van der Waals surface area contributed by atoms with Crippen LogP contribution in [0.1, 0.15) is 22.3 Å². The van der Waals surface area contributed by atoms with Crippen LogP contribution in [0.25, 0.3) is 5.57 Å². The zero-order chi connectivity index (χ0) is 19.3. The van der Waals surface area contributed by atoms with Crippen molar-refractivity contribution in [2.75, 3.05) is 27.8 Å². The van der Waals surface area contributed by atoms with Gasteiger partial charge in [0.25, 0.3) is 5.91 Å². The van der Waals surface area contributed by atoms with Crippen LogP contribution in [0.2, 0.25) is 0 Å². The van der Waals surface area contributed by atoms with Crippen LogP contribution in [0.4, 0.5) is 8.78 Å². The van der Waals surface area contributed by atoms with Gasteiger partial charge in [0.2, 0.25) is 0 Å². The summed E-state index contributed by atoms with van der Waals surface area (Å²) in [5.74, 6) is -1.57. The third-order valence-corrected chi connectivity index (χ3v) is 4.07. The van der Waals surface area contributed by atoms with E-state index in [9.17, 15) is 13.6 Å². The molecule has 0 heterocycles. The topological polar surface area (TPSA) is 38.8 Å². The van der Waals surface area contributed by atoms with E-state index in [0.717, 1.165) is 17.2 Å². The Morgan fingerprint density at radius 1 is 1.12 bits per heavy atom. The van der Waals surface area contributed by atoms with Gasteiger partial charge in [-0.25, -0.2) is 8.78 Å². The Labute approximate surface area is 151 Å². The molecule has 2 aromatic carbocycles. The van der Waals surface area contributed by atoms with E-state index < -0.39 is 17.5 Å². The highest BCUT2D eigenvalue weighted by Crippen LogP contribution is 2.30. The van der Waals surface area contributed by atoms with Crippen molar-refractivity contribution in [1.82, 2.24) is 4.90 Å². The molecule has 0 aliphatic heterocycles. The second-order valence-electron chi connectivity index (χ2n) is 5.75. The molecule has 0 saturated carbocycles. The van der Waals surface area contributed by atoms with E-state index in [0.29, 0.717) is 24.5 Å². The summed E-state index contributed by atoms with van der Waals surface area (Å²) < 4.78 is 37.5. The lowest BCUT2D eigenvalue weighted by Gasteiger charge is -2.19. The van der Waals surface area contributed by atoms with Crippen LogP contribution in [0.5, 0.6) is 11.5 Å². The molecular weight excluding hydrogens is 340 g/mol. The highest BCUT2D eigenvalue weighted by atomic mass is 19.2. The molecule has 0 atom stereocenters. The third kappa shape index (κ3) is 4.20. The maximum absolute atomic E-state index is 13.8. The summed E-state index contributed by atoms with van der Waals surface area (Å²) in [5.41, 5.74) is 1.34. The van der Waals surface area contributed by atoms with Crippen molar-refractivity contribution in [2.24, 2.45) is 0 Å². The van der Waals surface area contributed by atoms with Gasteiger partial charge in [-0.3, -0.25) is 4.79 Å². The molecule has 0 spiro atoms. The van der Waals surface area contributed by atoms with E-state index in [1.807, 2.05) is 6.07 Å². The molecule has 2 aromatic rings. The number of carbonyl (C=O) groups excluding carboxylic acids is 1. The van der Waals surface area contributed by atoms with E-state index in [4.69, 9.17) is 9.47 Å². The number of methoxy groups -OCH3 is 2. The quantitative estimate of drug-likeness (QED) is 0.743. The second-order valence-corrected chi connectivity index (χ2v) is 5.75. The second kappa shape index (κ2) is 8.47. The first-order chi connectivity index (χ1) is 12.4. The number of halogens is 2. The number of carbonyl (C=O) groups is 1. The molecular formula is C20H21F2NO3. The van der Waals surface area contributed by atoms with Crippen molar-refractivity contribution in [3.05, 3.63) is 65.7 Å². The summed E-state index contributed by atoms with van der Waals surface area (Å²) >= 11 is 0. The molecule has 0 saturated heterocycles. The number of benzene rings is 2. The Kier molecular flexibility index (Phi) is 6.33. The van der Waals surface area contributed by atoms with Gasteiger partial charge in [-0.1, -0.05) is 18.7 Å². The van der Waals surface area contributed by atoms with Gasteiger partial charge in [-0.05, 0) is 41.8 Å². The average Bonchev–Trinajstić information content (AvgIpc) is 2.66. The van der Waals surface area contributed by atoms with Gasteiger partial charge < -0.3 is 14.4 Å². The lowest BCUT2D eigenvalue weighted by molar-refractivity contribution is 0.0792. The standard InChI is InChI=1S/C20H21F2NO3/c1-13(14-8-9-17(25-3)18(12-14)26-4)10-11-23(2)20(24)15-6-5-7-16(21)19(15)22/h5-9,12H,1,10-11H2,2-4H3. The SMILES string of the molecule is C=C(CCN(C)C(=O)c1cccc(F)c1F)c1ccc(OC)c(OC)c1. The number of nitrogens with zero attached hydrogens (tertiary/aromatic N) is 1. The van der Waals surface area contributed by atoms with Gasteiger partial charge in [0.05, 0.1) is 19.8 Å². The molecule has 0 fully saturated rings. The molecule has 0 N–H and O–H groups in total. The predicted octanol–water partition coefficient (Wildman–Crippen LogP) is 4.16. The molecule has 0 aromatic heterocycles. The first-order valence-corrected chi connectivity index (χ1v) is 7.98. The van der Waals surface area contributed by atoms with Crippen LogP contribution in [-0.2, 0) is 0 Å². The molecule has 138 valence electrons. The van der Waals surface area contributed by atoms with Crippen LogP contribution in [0.3, 0.4) is 0 Å². The van der Waals surface area contributed by atoms with E-state index in [-0.39, 0.29) is 5.56 Å². The fourth-order valence-corrected chi connectivity index (χ4v) is 2.48. The van der Waals surface area contributed by atoms with Crippen molar-refractivity contribution >= 4 is 11.5 Å². The Morgan fingerprint density at radius 2 is 1.81 bits per heavy atom. The van der Waals surface area contributed by atoms with Crippen LogP contribution in [-0.4, -0.2) is 38.6 Å². The number of hydrogen-bond donors (Lipinski definition) is 0. The fourth-order valence-electron chi connectivity index (χ4n) is 2.48. The summed E-state index contributed by atoms with van der Waals surface area (Å²) in [6.45, 7) is 4.33. The normalized spacial score (nSPS) is 10.3. The minimum Gasteiger partial charge on any atom is -0.493 e. The molecule has 0 unspecified atom stereocenters. The minimum atomic E-state index is -1.14. The largest absolute Gasteiger partial charge is 0.493 e. The maximum Gasteiger partial charge on any atom is 0.256 e. The minimum absolute atomic E-state index is 0.288. The smallest absolute Gasteiger partial charge is 0.256 e. The van der Waals surface area contributed by atoms with E-state index in [1.165, 1.54) is 24.1 Å². The lowest BCUT2D eigenvalue weighted by Crippen LogP contribution is -2.28. The Balaban J connectivity index is 2.04. The molecule has 2 rings (SSSR count). The summed E-state index contributed by atoms with van der Waals surface area (Å²) in [5, 5.41) is 0. The average molecular weight is 361 g/mol. The van der Waals surface area contributed by atoms with Gasteiger partial charge in [0.1, 0.15) is 0 Å². The zero-order valence-corrected chi connectivity index (χ0v) is 15.0. The van der Waals surface area contributed by atoms with Crippen molar-refractivity contribution in [3.8, 4) is 11.5 Å². The van der Waals surface area contributed by atoms with Gasteiger partial charge in [-0.15, -0.1) is 0 Å². The van der Waals surface area contributed by atoms with Crippen LogP contribution in [0, 0.1) is 11.6 Å². The van der Waals surface area contributed by atoms with Crippen LogP contribution >= 0.6 is 0 Å². The van der Waals surface area contributed by atoms with Gasteiger partial charge in [0, 0.05) is 13.6 Å². The van der Waals surface area contributed by atoms with E-state index in [2.05, 4.69) is 6.58 Å². The van der Waals surface area contributed by atoms with Gasteiger partial charge in [-0.2, -0.15) is 0 Å². The van der Waals surface area contributed by atoms with Gasteiger partial charge >= 0.3 is 0 Å². The number of hydrogen-bond acceptors (Lipinski definition) is 3. The van der Waals surface area contributed by atoms with E-state index >= 15 is 0 Å². The van der Waals surface area contributed by atoms with E-state index in [1.54, 1.807) is 26.4 Å². The van der Waals surface area contributed by atoms with Crippen molar-refractivity contribution in [3.63, 3.8) is 0 Å². The third-order valence-electron chi connectivity index (χ3n) is 4.07. The van der Waals surface area contributed by atoms with Crippen molar-refractivity contribution < 1.29 is 23.0 Å². The van der Waals surface area contributed by atoms with Crippen LogP contribution < -0.4 is 9.47 Å². The number of rotatable bonds is 7. The lowest BCUT2D eigenvalue weighted by atomic mass is 10.0. The Hall–Kier alpha value is -2.89. The van der Waals surface area contributed by atoms with Crippen LogP contribution in [0.15, 0.2) is 43.0 Å². The molecule has 0 aliphatic carbocycles. The summed E-state index contributed by atoms with van der Waals surface area (Å²) in [7, 11) is 4.64. The molecule has 0 radical (unpaired) electrons. The first kappa shape index (κ1) is 19.4. The maximum atomic E-state index is 13.8. The number of amides is 1. The molecule has 4 nitrogen and oxygen atoms in total. The summed E-state index contributed by atoms with van der Waals surface area (Å²) in [4.78, 5) is 13.6. The fraction of sp³-hybridized carbons (Fsp3) is 0.250. The molecule has 1 amide bonds. The summed E-state index contributed by atoms with van der Waals surface area (Å²) in [6.07, 6.45) is 0.467. The monoisotopic (exact) mass is 361 g/mol. The summed E-state index contributed by atoms with van der Waals surface area (Å²) in [6, 6.07) is 8.97. The van der Waals surface area contributed by atoms with Crippen molar-refractivity contribution in [1.29, 1.82) is 0 Å². The number of ether oxygens (including phenoxy) is 2. The molecule has 0 aliphatic rings. The van der Waals surface area contributed by atoms with Crippen molar-refractivity contribution in [2.45, 2.75) is 6.42 Å². The molecule has 26 heavy (non-hydrogen) atoms. The highest BCUT2D eigenvalue weighted by Gasteiger charge is 2.18. The first-order valence-electron chi connectivity index (χ1n) is 7.98. The van der Waals surface area contributed by atoms with Gasteiger partial charge in [0.15, 0.2) is 23.1 Å².